The van der Waals surface area contributed by atoms with Gasteiger partial charge in [0.25, 0.3) is 0 Å². The molecule has 104 valence electrons. The van der Waals surface area contributed by atoms with Crippen LogP contribution < -0.4 is 5.32 Å². The number of halogens is 3. The largest absolute Gasteiger partial charge is 0.381 e. The quantitative estimate of drug-likeness (QED) is 0.660. The first-order valence-electron chi connectivity index (χ1n) is 5.59. The SMILES string of the molecule is O=[N+]([O-])c1cccc(CNc2cc(Cl)cc(Cl)c2)c1F. The van der Waals surface area contributed by atoms with Crippen molar-refractivity contribution < 1.29 is 9.31 Å². The molecule has 0 amide bonds. The van der Waals surface area contributed by atoms with Crippen molar-refractivity contribution >= 4 is 34.6 Å². The van der Waals surface area contributed by atoms with Crippen LogP contribution in [0.1, 0.15) is 5.56 Å². The van der Waals surface area contributed by atoms with Gasteiger partial charge < -0.3 is 5.32 Å². The van der Waals surface area contributed by atoms with Crippen LogP contribution in [0.25, 0.3) is 0 Å². The van der Waals surface area contributed by atoms with Gasteiger partial charge in [-0.05, 0) is 18.2 Å². The molecular formula is C13H9Cl2FN2O2. The maximum Gasteiger partial charge on any atom is 0.305 e. The molecule has 0 aromatic heterocycles. The summed E-state index contributed by atoms with van der Waals surface area (Å²) in [7, 11) is 0. The van der Waals surface area contributed by atoms with Gasteiger partial charge in [0.15, 0.2) is 0 Å². The molecule has 0 unspecified atom stereocenters. The van der Waals surface area contributed by atoms with Crippen molar-refractivity contribution in [1.82, 2.24) is 0 Å². The summed E-state index contributed by atoms with van der Waals surface area (Å²) >= 11 is 11.7. The van der Waals surface area contributed by atoms with Gasteiger partial charge in [0.05, 0.1) is 4.92 Å². The van der Waals surface area contributed by atoms with Gasteiger partial charge in [-0.2, -0.15) is 4.39 Å². The van der Waals surface area contributed by atoms with Gasteiger partial charge in [0, 0.05) is 33.9 Å². The normalized spacial score (nSPS) is 10.3. The standard InChI is InChI=1S/C13H9Cl2FN2O2/c14-9-4-10(15)6-11(5-9)17-7-8-2-1-3-12(13(8)16)18(19)20/h1-6,17H,7H2. The van der Waals surface area contributed by atoms with Crippen molar-refractivity contribution in [2.45, 2.75) is 6.54 Å². The Morgan fingerprint density at radius 3 is 2.45 bits per heavy atom. The average Bonchev–Trinajstić information content (AvgIpc) is 2.36. The molecule has 0 saturated carbocycles. The molecule has 0 saturated heterocycles. The maximum atomic E-state index is 13.9. The third-order valence-electron chi connectivity index (χ3n) is 2.60. The first kappa shape index (κ1) is 14.6. The highest BCUT2D eigenvalue weighted by atomic mass is 35.5. The van der Waals surface area contributed by atoms with Gasteiger partial charge in [-0.25, -0.2) is 0 Å². The molecule has 0 aliphatic carbocycles. The predicted octanol–water partition coefficient (Wildman–Crippen LogP) is 4.65. The van der Waals surface area contributed by atoms with E-state index in [0.29, 0.717) is 15.7 Å². The second-order valence-electron chi connectivity index (χ2n) is 4.02. The minimum atomic E-state index is -0.849. The fourth-order valence-corrected chi connectivity index (χ4v) is 2.22. The van der Waals surface area contributed by atoms with Crippen LogP contribution in [0.15, 0.2) is 36.4 Å². The molecule has 20 heavy (non-hydrogen) atoms. The number of nitrogens with zero attached hydrogens (tertiary/aromatic N) is 1. The van der Waals surface area contributed by atoms with E-state index in [1.807, 2.05) is 0 Å². The summed E-state index contributed by atoms with van der Waals surface area (Å²) in [5.41, 5.74) is 0.247. The number of rotatable bonds is 4. The van der Waals surface area contributed by atoms with Crippen LogP contribution in [0.4, 0.5) is 15.8 Å². The van der Waals surface area contributed by atoms with E-state index in [4.69, 9.17) is 23.2 Å². The Morgan fingerprint density at radius 1 is 1.20 bits per heavy atom. The average molecular weight is 315 g/mol. The van der Waals surface area contributed by atoms with Crippen LogP contribution in [-0.4, -0.2) is 4.92 Å². The summed E-state index contributed by atoms with van der Waals surface area (Å²) in [5, 5.41) is 14.5. The molecule has 2 aromatic carbocycles. The first-order valence-corrected chi connectivity index (χ1v) is 6.34. The van der Waals surface area contributed by atoms with E-state index >= 15 is 0 Å². The van der Waals surface area contributed by atoms with E-state index in [9.17, 15) is 14.5 Å². The number of nitrogens with one attached hydrogen (secondary N) is 1. The zero-order chi connectivity index (χ0) is 14.7. The van der Waals surface area contributed by atoms with E-state index in [1.165, 1.54) is 12.1 Å². The third kappa shape index (κ3) is 3.37. The summed E-state index contributed by atoms with van der Waals surface area (Å²) in [5.74, 6) is -0.849. The van der Waals surface area contributed by atoms with E-state index in [-0.39, 0.29) is 12.1 Å². The highest BCUT2D eigenvalue weighted by Gasteiger charge is 2.16. The Balaban J connectivity index is 2.19. The molecule has 0 heterocycles. The topological polar surface area (TPSA) is 55.2 Å². The molecule has 2 aromatic rings. The lowest BCUT2D eigenvalue weighted by Crippen LogP contribution is -2.04. The minimum Gasteiger partial charge on any atom is -0.381 e. The van der Waals surface area contributed by atoms with Gasteiger partial charge >= 0.3 is 5.69 Å². The number of benzene rings is 2. The molecule has 4 nitrogen and oxygen atoms in total. The van der Waals surface area contributed by atoms with Crippen LogP contribution in [0.2, 0.25) is 10.0 Å². The lowest BCUT2D eigenvalue weighted by atomic mass is 10.2. The zero-order valence-electron chi connectivity index (χ0n) is 10.1. The van der Waals surface area contributed by atoms with E-state index in [2.05, 4.69) is 5.32 Å². The predicted molar refractivity (Wildman–Crippen MR) is 76.8 cm³/mol. The molecule has 0 spiro atoms. The Morgan fingerprint density at radius 2 is 1.85 bits per heavy atom. The number of nitro groups is 1. The molecule has 0 radical (unpaired) electrons. The van der Waals surface area contributed by atoms with Crippen molar-refractivity contribution in [3.8, 4) is 0 Å². The zero-order valence-corrected chi connectivity index (χ0v) is 11.6. The monoisotopic (exact) mass is 314 g/mol. The Hall–Kier alpha value is -1.85. The van der Waals surface area contributed by atoms with Gasteiger partial charge in [-0.3, -0.25) is 10.1 Å². The highest BCUT2D eigenvalue weighted by Crippen LogP contribution is 2.24. The van der Waals surface area contributed by atoms with E-state index in [0.717, 1.165) is 6.07 Å². The van der Waals surface area contributed by atoms with Crippen LogP contribution >= 0.6 is 23.2 Å². The summed E-state index contributed by atoms with van der Waals surface area (Å²) in [6, 6.07) is 8.85. The molecule has 2 rings (SSSR count). The van der Waals surface area contributed by atoms with Crippen LogP contribution in [0, 0.1) is 15.9 Å². The first-order chi connectivity index (χ1) is 9.47. The molecule has 1 N–H and O–H groups in total. The second kappa shape index (κ2) is 6.07. The van der Waals surface area contributed by atoms with Crippen molar-refractivity contribution in [3.05, 3.63) is 67.9 Å². The van der Waals surface area contributed by atoms with Crippen LogP contribution in [-0.2, 0) is 6.54 Å². The van der Waals surface area contributed by atoms with Gasteiger partial charge in [0.2, 0.25) is 5.82 Å². The van der Waals surface area contributed by atoms with Crippen LogP contribution in [0.5, 0.6) is 0 Å². The summed E-state index contributed by atoms with van der Waals surface area (Å²) in [4.78, 5) is 9.89. The maximum absolute atomic E-state index is 13.9. The Bertz CT molecular complexity index is 645. The van der Waals surface area contributed by atoms with Crippen molar-refractivity contribution in [2.24, 2.45) is 0 Å². The summed E-state index contributed by atoms with van der Waals surface area (Å²) in [6.45, 7) is 0.0875. The molecular weight excluding hydrogens is 306 g/mol. The Kier molecular flexibility index (Phi) is 4.42. The smallest absolute Gasteiger partial charge is 0.305 e. The molecule has 0 atom stereocenters. The minimum absolute atomic E-state index is 0.0875. The molecule has 0 bridgehead atoms. The number of hydrogen-bond donors (Lipinski definition) is 1. The van der Waals surface area contributed by atoms with Crippen molar-refractivity contribution in [1.29, 1.82) is 0 Å². The highest BCUT2D eigenvalue weighted by molar-refractivity contribution is 6.35. The lowest BCUT2D eigenvalue weighted by molar-refractivity contribution is -0.387. The molecule has 0 aliphatic heterocycles. The summed E-state index contributed by atoms with van der Waals surface area (Å²) < 4.78 is 13.9. The number of nitro benzene ring substituents is 1. The molecule has 0 fully saturated rings. The lowest BCUT2D eigenvalue weighted by Gasteiger charge is -2.08. The second-order valence-corrected chi connectivity index (χ2v) is 4.89. The number of hydrogen-bond acceptors (Lipinski definition) is 3. The Labute approximate surface area is 124 Å². The van der Waals surface area contributed by atoms with Gasteiger partial charge in [-0.15, -0.1) is 0 Å². The van der Waals surface area contributed by atoms with Crippen molar-refractivity contribution in [3.63, 3.8) is 0 Å². The van der Waals surface area contributed by atoms with E-state index < -0.39 is 16.4 Å². The molecule has 7 heteroatoms. The van der Waals surface area contributed by atoms with E-state index in [1.54, 1.807) is 18.2 Å². The van der Waals surface area contributed by atoms with Gasteiger partial charge in [-0.1, -0.05) is 35.3 Å². The van der Waals surface area contributed by atoms with Crippen molar-refractivity contribution in [2.75, 3.05) is 5.32 Å². The summed E-state index contributed by atoms with van der Waals surface area (Å²) in [6.07, 6.45) is 0. The fraction of sp³-hybridized carbons (Fsp3) is 0.0769. The van der Waals surface area contributed by atoms with Gasteiger partial charge in [0.1, 0.15) is 0 Å². The molecule has 0 aliphatic rings. The number of anilines is 1. The fourth-order valence-electron chi connectivity index (χ4n) is 1.70. The third-order valence-corrected chi connectivity index (χ3v) is 3.04. The van der Waals surface area contributed by atoms with Crippen LogP contribution in [0.3, 0.4) is 0 Å².